The van der Waals surface area contributed by atoms with E-state index < -0.39 is 6.04 Å². The van der Waals surface area contributed by atoms with Crippen molar-refractivity contribution in [1.29, 1.82) is 0 Å². The fourth-order valence-electron chi connectivity index (χ4n) is 5.04. The normalized spacial score (nSPS) is 19.7. The lowest BCUT2D eigenvalue weighted by molar-refractivity contribution is -0.123. The Bertz CT molecular complexity index is 1320. The van der Waals surface area contributed by atoms with E-state index in [-0.39, 0.29) is 18.2 Å². The van der Waals surface area contributed by atoms with Crippen molar-refractivity contribution in [1.82, 2.24) is 9.88 Å². The van der Waals surface area contributed by atoms with Crippen LogP contribution in [0.4, 0.5) is 5.69 Å². The van der Waals surface area contributed by atoms with Gasteiger partial charge in [0.2, 0.25) is 5.91 Å². The van der Waals surface area contributed by atoms with Gasteiger partial charge in [-0.15, -0.1) is 0 Å². The summed E-state index contributed by atoms with van der Waals surface area (Å²) in [6, 6.07) is 21.6. The zero-order chi connectivity index (χ0) is 20.2. The summed E-state index contributed by atoms with van der Waals surface area (Å²) in [7, 11) is 0. The molecule has 0 unspecified atom stereocenters. The quantitative estimate of drug-likeness (QED) is 0.522. The number of fused-ring (bicyclic) bond motifs is 4. The number of nitrogens with zero attached hydrogens (tertiary/aromatic N) is 2. The Morgan fingerprint density at radius 3 is 2.53 bits per heavy atom. The molecule has 4 aromatic rings. The molecule has 148 valence electrons. The molecule has 2 amide bonds. The molecule has 30 heavy (non-hydrogen) atoms. The Kier molecular flexibility index (Phi) is 3.80. The zero-order valence-corrected chi connectivity index (χ0v) is 16.5. The molecule has 0 bridgehead atoms. The van der Waals surface area contributed by atoms with E-state index >= 15 is 0 Å². The number of benzene rings is 3. The molecule has 0 radical (unpaired) electrons. The highest BCUT2D eigenvalue weighted by atomic mass is 16.2. The first kappa shape index (κ1) is 17.4. The number of amides is 2. The molecule has 1 atom stereocenters. The second-order valence-corrected chi connectivity index (χ2v) is 8.13. The van der Waals surface area contributed by atoms with Gasteiger partial charge in [0.25, 0.3) is 5.91 Å². The lowest BCUT2D eigenvalue weighted by Gasteiger charge is -2.31. The summed E-state index contributed by atoms with van der Waals surface area (Å²) in [4.78, 5) is 33.4. The Morgan fingerprint density at radius 1 is 0.867 bits per heavy atom. The van der Waals surface area contributed by atoms with E-state index in [0.29, 0.717) is 12.2 Å². The molecule has 0 aliphatic carbocycles. The van der Waals surface area contributed by atoms with Crippen LogP contribution in [0.15, 0.2) is 66.7 Å². The molecule has 0 saturated carbocycles. The summed E-state index contributed by atoms with van der Waals surface area (Å²) in [5.74, 6) is -0.236. The number of hydrogen-bond acceptors (Lipinski definition) is 3. The minimum absolute atomic E-state index is 0.115. The topological polar surface area (TPSA) is 56.4 Å². The summed E-state index contributed by atoms with van der Waals surface area (Å²) in [5, 5.41) is 3.22. The first-order valence-electron chi connectivity index (χ1n) is 10.4. The van der Waals surface area contributed by atoms with Crippen LogP contribution in [0.25, 0.3) is 21.7 Å². The van der Waals surface area contributed by atoms with Crippen LogP contribution in [0.2, 0.25) is 0 Å². The van der Waals surface area contributed by atoms with Gasteiger partial charge in [-0.1, -0.05) is 54.6 Å². The second kappa shape index (κ2) is 6.54. The SMILES string of the molecule is O=C1C[C@H](N2CCc3c([nH]c4ccccc34)C2)C(=O)N1c1cccc2ccccc12. The molecule has 1 N–H and O–H groups in total. The molecular weight excluding hydrogens is 374 g/mol. The van der Waals surface area contributed by atoms with Crippen molar-refractivity contribution in [3.05, 3.63) is 78.0 Å². The van der Waals surface area contributed by atoms with E-state index in [4.69, 9.17) is 0 Å². The molecule has 3 aromatic carbocycles. The molecule has 5 heteroatoms. The van der Waals surface area contributed by atoms with E-state index in [1.807, 2.05) is 48.5 Å². The van der Waals surface area contributed by atoms with Gasteiger partial charge < -0.3 is 4.98 Å². The average molecular weight is 395 g/mol. The predicted molar refractivity (Wildman–Crippen MR) is 117 cm³/mol. The molecule has 5 nitrogen and oxygen atoms in total. The Morgan fingerprint density at radius 2 is 1.63 bits per heavy atom. The largest absolute Gasteiger partial charge is 0.357 e. The highest BCUT2D eigenvalue weighted by Gasteiger charge is 2.44. The maximum absolute atomic E-state index is 13.4. The minimum Gasteiger partial charge on any atom is -0.357 e. The number of anilines is 1. The van der Waals surface area contributed by atoms with E-state index in [9.17, 15) is 9.59 Å². The van der Waals surface area contributed by atoms with Crippen LogP contribution in [-0.2, 0) is 22.6 Å². The smallest absolute Gasteiger partial charge is 0.251 e. The van der Waals surface area contributed by atoms with Crippen molar-refractivity contribution in [2.75, 3.05) is 11.4 Å². The molecule has 3 heterocycles. The first-order valence-corrected chi connectivity index (χ1v) is 10.4. The lowest BCUT2D eigenvalue weighted by Crippen LogP contribution is -2.44. The number of carbonyl (C=O) groups is 2. The van der Waals surface area contributed by atoms with E-state index in [0.717, 1.165) is 34.9 Å². The summed E-state index contributed by atoms with van der Waals surface area (Å²) < 4.78 is 0. The van der Waals surface area contributed by atoms with E-state index in [1.54, 1.807) is 0 Å². The van der Waals surface area contributed by atoms with Gasteiger partial charge in [0.05, 0.1) is 18.2 Å². The van der Waals surface area contributed by atoms with E-state index in [2.05, 4.69) is 28.1 Å². The number of aromatic amines is 1. The number of nitrogens with one attached hydrogen (secondary N) is 1. The summed E-state index contributed by atoms with van der Waals surface area (Å²) >= 11 is 0. The van der Waals surface area contributed by atoms with Gasteiger partial charge in [0.15, 0.2) is 0 Å². The van der Waals surface area contributed by atoms with Crippen LogP contribution >= 0.6 is 0 Å². The highest BCUT2D eigenvalue weighted by molar-refractivity contribution is 6.25. The molecule has 6 rings (SSSR count). The Balaban J connectivity index is 1.33. The third-order valence-electron chi connectivity index (χ3n) is 6.48. The van der Waals surface area contributed by atoms with Crippen molar-refractivity contribution in [3.8, 4) is 0 Å². The van der Waals surface area contributed by atoms with Crippen LogP contribution in [0.1, 0.15) is 17.7 Å². The monoisotopic (exact) mass is 395 g/mol. The van der Waals surface area contributed by atoms with Crippen LogP contribution in [0.5, 0.6) is 0 Å². The molecule has 2 aliphatic heterocycles. The molecule has 0 spiro atoms. The molecule has 2 aliphatic rings. The van der Waals surface area contributed by atoms with Gasteiger partial charge in [-0.2, -0.15) is 0 Å². The standard InChI is InChI=1S/C25H21N3O2/c29-24-14-23(25(30)28(24)22-11-5-7-16-6-1-2-8-17(16)22)27-13-12-19-18-9-3-4-10-20(18)26-21(19)15-27/h1-11,23,26H,12-15H2/t23-/m0/s1. The van der Waals surface area contributed by atoms with Gasteiger partial charge in [0, 0.05) is 35.1 Å². The van der Waals surface area contributed by atoms with Crippen LogP contribution in [0, 0.1) is 0 Å². The molecule has 1 fully saturated rings. The summed E-state index contributed by atoms with van der Waals surface area (Å²) in [6.07, 6.45) is 1.11. The van der Waals surface area contributed by atoms with Crippen LogP contribution in [0.3, 0.4) is 0 Å². The highest BCUT2D eigenvalue weighted by Crippen LogP contribution is 2.34. The van der Waals surface area contributed by atoms with Gasteiger partial charge in [-0.25, -0.2) is 4.90 Å². The molecule has 1 saturated heterocycles. The van der Waals surface area contributed by atoms with Crippen molar-refractivity contribution in [2.45, 2.75) is 25.4 Å². The maximum atomic E-state index is 13.4. The predicted octanol–water partition coefficient (Wildman–Crippen LogP) is 4.01. The van der Waals surface area contributed by atoms with Crippen molar-refractivity contribution >= 4 is 39.2 Å². The lowest BCUT2D eigenvalue weighted by atomic mass is 10.0. The third kappa shape index (κ3) is 2.52. The number of carbonyl (C=O) groups excluding carboxylic acids is 2. The number of para-hydroxylation sites is 1. The number of aromatic nitrogens is 1. The maximum Gasteiger partial charge on any atom is 0.251 e. The van der Waals surface area contributed by atoms with Crippen LogP contribution in [-0.4, -0.2) is 34.3 Å². The fourth-order valence-corrected chi connectivity index (χ4v) is 5.04. The van der Waals surface area contributed by atoms with Gasteiger partial charge >= 0.3 is 0 Å². The average Bonchev–Trinajstić information content (AvgIpc) is 3.29. The van der Waals surface area contributed by atoms with Crippen molar-refractivity contribution in [2.24, 2.45) is 0 Å². The second-order valence-electron chi connectivity index (χ2n) is 8.13. The third-order valence-corrected chi connectivity index (χ3v) is 6.48. The first-order chi connectivity index (χ1) is 14.7. The Labute approximate surface area is 173 Å². The van der Waals surface area contributed by atoms with Gasteiger partial charge in [0.1, 0.15) is 0 Å². The van der Waals surface area contributed by atoms with Crippen LogP contribution < -0.4 is 4.90 Å². The molecular formula is C25H21N3O2. The number of hydrogen-bond donors (Lipinski definition) is 1. The molecule has 1 aromatic heterocycles. The van der Waals surface area contributed by atoms with Crippen molar-refractivity contribution < 1.29 is 9.59 Å². The minimum atomic E-state index is -0.406. The number of imide groups is 1. The fraction of sp³-hybridized carbons (Fsp3) is 0.200. The number of rotatable bonds is 2. The van der Waals surface area contributed by atoms with Gasteiger partial charge in [-0.05, 0) is 29.5 Å². The Hall–Kier alpha value is -3.44. The van der Waals surface area contributed by atoms with Gasteiger partial charge in [-0.3, -0.25) is 14.5 Å². The van der Waals surface area contributed by atoms with E-state index in [1.165, 1.54) is 15.8 Å². The number of H-pyrrole nitrogens is 1. The zero-order valence-electron chi connectivity index (χ0n) is 16.5. The summed E-state index contributed by atoms with van der Waals surface area (Å²) in [5.41, 5.74) is 4.32. The van der Waals surface area contributed by atoms with Crippen molar-refractivity contribution in [3.63, 3.8) is 0 Å². The summed E-state index contributed by atoms with van der Waals surface area (Å²) in [6.45, 7) is 1.44.